The Morgan fingerprint density at radius 3 is 2.33 bits per heavy atom. The van der Waals surface area contributed by atoms with E-state index in [0.717, 1.165) is 5.56 Å². The Bertz CT molecular complexity index is 532. The number of hydrogen-bond donors (Lipinski definition) is 0. The van der Waals surface area contributed by atoms with Crippen LogP contribution < -0.4 is 9.64 Å². The number of anilines is 1. The SMILES string of the molecule is CCOC(=O)N(C)c1cc(C(C)(C)C)ccc1OC(C)=O. The maximum absolute atomic E-state index is 11.9. The van der Waals surface area contributed by atoms with Gasteiger partial charge in [0.05, 0.1) is 12.3 Å². The summed E-state index contributed by atoms with van der Waals surface area (Å²) >= 11 is 0. The van der Waals surface area contributed by atoms with Crippen molar-refractivity contribution in [2.24, 2.45) is 0 Å². The van der Waals surface area contributed by atoms with Gasteiger partial charge in [0.1, 0.15) is 0 Å². The summed E-state index contributed by atoms with van der Waals surface area (Å²) in [5, 5.41) is 0. The van der Waals surface area contributed by atoms with Gasteiger partial charge in [0.2, 0.25) is 0 Å². The topological polar surface area (TPSA) is 55.8 Å². The van der Waals surface area contributed by atoms with E-state index >= 15 is 0 Å². The molecule has 5 nitrogen and oxygen atoms in total. The molecule has 0 aliphatic rings. The van der Waals surface area contributed by atoms with E-state index in [0.29, 0.717) is 11.4 Å². The van der Waals surface area contributed by atoms with Crippen LogP contribution in [0, 0.1) is 0 Å². The smallest absolute Gasteiger partial charge is 0.414 e. The monoisotopic (exact) mass is 293 g/mol. The van der Waals surface area contributed by atoms with E-state index in [1.165, 1.54) is 11.8 Å². The third-order valence-electron chi connectivity index (χ3n) is 2.98. The summed E-state index contributed by atoms with van der Waals surface area (Å²) in [4.78, 5) is 24.5. The molecule has 21 heavy (non-hydrogen) atoms. The van der Waals surface area contributed by atoms with Crippen molar-refractivity contribution in [1.29, 1.82) is 0 Å². The van der Waals surface area contributed by atoms with Crippen molar-refractivity contribution in [3.63, 3.8) is 0 Å². The zero-order valence-electron chi connectivity index (χ0n) is 13.5. The number of esters is 1. The first-order valence-electron chi connectivity index (χ1n) is 6.90. The number of ether oxygens (including phenoxy) is 2. The highest BCUT2D eigenvalue weighted by Crippen LogP contribution is 2.34. The predicted molar refractivity (Wildman–Crippen MR) is 81.9 cm³/mol. The summed E-state index contributed by atoms with van der Waals surface area (Å²) in [6, 6.07) is 5.43. The van der Waals surface area contributed by atoms with Crippen LogP contribution in [0.15, 0.2) is 18.2 Å². The Labute approximate surface area is 125 Å². The average molecular weight is 293 g/mol. The number of hydrogen-bond acceptors (Lipinski definition) is 4. The van der Waals surface area contributed by atoms with Gasteiger partial charge in [0.15, 0.2) is 5.75 Å². The van der Waals surface area contributed by atoms with E-state index in [4.69, 9.17) is 9.47 Å². The van der Waals surface area contributed by atoms with Gasteiger partial charge in [-0.1, -0.05) is 26.8 Å². The van der Waals surface area contributed by atoms with Gasteiger partial charge < -0.3 is 9.47 Å². The molecule has 0 heterocycles. The number of carbonyl (C=O) groups is 2. The minimum atomic E-state index is -0.489. The molecule has 0 aliphatic carbocycles. The van der Waals surface area contributed by atoms with Crippen molar-refractivity contribution in [2.45, 2.75) is 40.0 Å². The van der Waals surface area contributed by atoms with Gasteiger partial charge in [-0.25, -0.2) is 4.79 Å². The summed E-state index contributed by atoms with van der Waals surface area (Å²) < 4.78 is 10.2. The molecule has 1 aromatic carbocycles. The van der Waals surface area contributed by atoms with Gasteiger partial charge in [-0.05, 0) is 30.0 Å². The van der Waals surface area contributed by atoms with E-state index in [2.05, 4.69) is 20.8 Å². The van der Waals surface area contributed by atoms with Gasteiger partial charge in [-0.3, -0.25) is 9.69 Å². The largest absolute Gasteiger partial charge is 0.449 e. The van der Waals surface area contributed by atoms with E-state index < -0.39 is 12.1 Å². The van der Waals surface area contributed by atoms with Gasteiger partial charge in [-0.2, -0.15) is 0 Å². The summed E-state index contributed by atoms with van der Waals surface area (Å²) in [6.45, 7) is 9.56. The van der Waals surface area contributed by atoms with Crippen LogP contribution in [-0.2, 0) is 14.9 Å². The summed E-state index contributed by atoms with van der Waals surface area (Å²) in [6.07, 6.45) is -0.489. The second-order valence-electron chi connectivity index (χ2n) is 5.78. The molecule has 0 saturated heterocycles. The Balaban J connectivity index is 3.28. The van der Waals surface area contributed by atoms with Crippen molar-refractivity contribution in [2.75, 3.05) is 18.6 Å². The standard InChI is InChI=1S/C16H23NO4/c1-7-20-15(19)17(6)13-10-12(16(3,4)5)8-9-14(13)21-11(2)18/h8-10H,7H2,1-6H3. The van der Waals surface area contributed by atoms with E-state index in [1.54, 1.807) is 20.0 Å². The molecule has 1 amide bonds. The van der Waals surface area contributed by atoms with Crippen LogP contribution in [0.4, 0.5) is 10.5 Å². The van der Waals surface area contributed by atoms with Crippen molar-refractivity contribution >= 4 is 17.7 Å². The average Bonchev–Trinajstić information content (AvgIpc) is 2.36. The second-order valence-corrected chi connectivity index (χ2v) is 5.78. The Kier molecular flexibility index (Phi) is 5.35. The van der Waals surface area contributed by atoms with Crippen LogP contribution >= 0.6 is 0 Å². The third kappa shape index (κ3) is 4.48. The molecule has 0 saturated carbocycles. The minimum absolute atomic E-state index is 0.0843. The molecule has 1 rings (SSSR count). The Morgan fingerprint density at radius 2 is 1.86 bits per heavy atom. The van der Waals surface area contributed by atoms with Crippen molar-refractivity contribution in [3.05, 3.63) is 23.8 Å². The van der Waals surface area contributed by atoms with Crippen LogP contribution in [0.1, 0.15) is 40.2 Å². The molecule has 0 N–H and O–H groups in total. The number of rotatable bonds is 3. The lowest BCUT2D eigenvalue weighted by atomic mass is 9.86. The Morgan fingerprint density at radius 1 is 1.24 bits per heavy atom. The fourth-order valence-electron chi connectivity index (χ4n) is 1.81. The molecule has 0 aromatic heterocycles. The predicted octanol–water partition coefficient (Wildman–Crippen LogP) is 3.50. The first-order valence-corrected chi connectivity index (χ1v) is 6.90. The highest BCUT2D eigenvalue weighted by molar-refractivity contribution is 5.90. The van der Waals surface area contributed by atoms with E-state index in [9.17, 15) is 9.59 Å². The molecule has 5 heteroatoms. The second kappa shape index (κ2) is 6.61. The molecule has 0 unspecified atom stereocenters. The molecule has 0 spiro atoms. The quantitative estimate of drug-likeness (QED) is 0.632. The molecule has 1 aromatic rings. The summed E-state index contributed by atoms with van der Waals surface area (Å²) in [5.74, 6) is -0.0944. The zero-order valence-corrected chi connectivity index (χ0v) is 13.5. The summed E-state index contributed by atoms with van der Waals surface area (Å²) in [5.41, 5.74) is 1.46. The molecular formula is C16H23NO4. The molecule has 0 radical (unpaired) electrons. The van der Waals surface area contributed by atoms with E-state index in [-0.39, 0.29) is 12.0 Å². The maximum Gasteiger partial charge on any atom is 0.414 e. The number of carbonyl (C=O) groups excluding carboxylic acids is 2. The van der Waals surface area contributed by atoms with E-state index in [1.807, 2.05) is 12.1 Å². The molecule has 0 aliphatic heterocycles. The maximum atomic E-state index is 11.9. The Hall–Kier alpha value is -2.04. The van der Waals surface area contributed by atoms with Crippen LogP contribution in [0.2, 0.25) is 0 Å². The van der Waals surface area contributed by atoms with Crippen LogP contribution in [0.3, 0.4) is 0 Å². The zero-order chi connectivity index (χ0) is 16.2. The first-order chi connectivity index (χ1) is 9.66. The third-order valence-corrected chi connectivity index (χ3v) is 2.98. The minimum Gasteiger partial charge on any atom is -0.449 e. The molecule has 116 valence electrons. The van der Waals surface area contributed by atoms with Crippen molar-refractivity contribution < 1.29 is 19.1 Å². The van der Waals surface area contributed by atoms with Gasteiger partial charge >= 0.3 is 12.1 Å². The lowest BCUT2D eigenvalue weighted by Crippen LogP contribution is -2.28. The van der Waals surface area contributed by atoms with Gasteiger partial charge in [-0.15, -0.1) is 0 Å². The van der Waals surface area contributed by atoms with Crippen LogP contribution in [0.5, 0.6) is 5.75 Å². The van der Waals surface area contributed by atoms with Crippen LogP contribution in [0.25, 0.3) is 0 Å². The lowest BCUT2D eigenvalue weighted by molar-refractivity contribution is -0.131. The number of amides is 1. The molecule has 0 fully saturated rings. The first kappa shape index (κ1) is 17.0. The van der Waals surface area contributed by atoms with Gasteiger partial charge in [0.25, 0.3) is 0 Å². The molecular weight excluding hydrogens is 270 g/mol. The molecule has 0 atom stereocenters. The number of nitrogens with zero attached hydrogens (tertiary/aromatic N) is 1. The van der Waals surface area contributed by atoms with Crippen molar-refractivity contribution in [1.82, 2.24) is 0 Å². The summed E-state index contributed by atoms with van der Waals surface area (Å²) in [7, 11) is 1.59. The van der Waals surface area contributed by atoms with Gasteiger partial charge in [0, 0.05) is 14.0 Å². The number of benzene rings is 1. The molecule has 0 bridgehead atoms. The highest BCUT2D eigenvalue weighted by atomic mass is 16.6. The highest BCUT2D eigenvalue weighted by Gasteiger charge is 2.21. The van der Waals surface area contributed by atoms with Crippen molar-refractivity contribution in [3.8, 4) is 5.75 Å². The lowest BCUT2D eigenvalue weighted by Gasteiger charge is -2.24. The fraction of sp³-hybridized carbons (Fsp3) is 0.500. The van der Waals surface area contributed by atoms with Crippen LogP contribution in [-0.4, -0.2) is 25.7 Å². The fourth-order valence-corrected chi connectivity index (χ4v) is 1.81. The normalized spacial score (nSPS) is 11.0.